The second-order valence-corrected chi connectivity index (χ2v) is 15.1. The molecule has 0 spiro atoms. The first kappa shape index (κ1) is 23.5. The van der Waals surface area contributed by atoms with E-state index in [1.54, 1.807) is 0 Å². The molecule has 0 amide bonds. The monoisotopic (exact) mass is 477 g/mol. The summed E-state index contributed by atoms with van der Waals surface area (Å²) in [5, 5.41) is 2.42. The maximum atomic E-state index is 7.16. The molecule has 2 aliphatic heterocycles. The Labute approximate surface area is 203 Å². The topological polar surface area (TPSA) is 52.7 Å². The van der Waals surface area contributed by atoms with E-state index in [-0.39, 0.29) is 29.5 Å². The van der Waals surface area contributed by atoms with Crippen LogP contribution in [-0.2, 0) is 18.6 Å². The van der Waals surface area contributed by atoms with Crippen molar-refractivity contribution >= 4 is 18.7 Å². The van der Waals surface area contributed by atoms with E-state index < -0.39 is 14.1 Å². The predicted octanol–water partition coefficient (Wildman–Crippen LogP) is 4.55. The summed E-state index contributed by atoms with van der Waals surface area (Å²) in [6.45, 7) is 11.3. The van der Waals surface area contributed by atoms with E-state index in [2.05, 4.69) is 86.4 Å². The number of rotatable bonds is 6. The van der Waals surface area contributed by atoms with Crippen LogP contribution in [0.5, 0.6) is 0 Å². The summed E-state index contributed by atoms with van der Waals surface area (Å²) in [5.41, 5.74) is 1.07. The maximum absolute atomic E-state index is 7.16. The van der Waals surface area contributed by atoms with E-state index in [1.807, 2.05) is 32.3 Å². The lowest BCUT2D eigenvalue weighted by atomic mass is 10.0. The molecular formula is C28H35NO4Si. The Hall–Kier alpha value is -2.22. The molecule has 1 aromatic heterocycles. The molecule has 1 N–H and O–H groups in total. The summed E-state index contributed by atoms with van der Waals surface area (Å²) < 4.78 is 26.4. The number of fused-ring (bicyclic) bond motifs is 1. The number of H-pyrrole nitrogens is 1. The van der Waals surface area contributed by atoms with Crippen molar-refractivity contribution in [3.8, 4) is 0 Å². The molecule has 2 saturated heterocycles. The van der Waals surface area contributed by atoms with Crippen molar-refractivity contribution in [2.24, 2.45) is 0 Å². The van der Waals surface area contributed by atoms with E-state index in [9.17, 15) is 0 Å². The molecule has 2 fully saturated rings. The molecule has 180 valence electrons. The van der Waals surface area contributed by atoms with Gasteiger partial charge in [-0.25, -0.2) is 0 Å². The van der Waals surface area contributed by atoms with E-state index in [0.29, 0.717) is 6.61 Å². The molecule has 0 saturated carbocycles. The van der Waals surface area contributed by atoms with Crippen molar-refractivity contribution in [1.29, 1.82) is 0 Å². The van der Waals surface area contributed by atoms with Crippen LogP contribution in [0.1, 0.15) is 46.3 Å². The first-order valence-electron chi connectivity index (χ1n) is 12.1. The number of aromatic amines is 1. The van der Waals surface area contributed by atoms with Gasteiger partial charge in [0.25, 0.3) is 8.32 Å². The van der Waals surface area contributed by atoms with Crippen LogP contribution >= 0.6 is 0 Å². The van der Waals surface area contributed by atoms with Gasteiger partial charge in [0.1, 0.15) is 24.4 Å². The Morgan fingerprint density at radius 3 is 2.00 bits per heavy atom. The lowest BCUT2D eigenvalue weighted by molar-refractivity contribution is -0.190. The highest BCUT2D eigenvalue weighted by atomic mass is 28.4. The van der Waals surface area contributed by atoms with E-state index in [4.69, 9.17) is 18.6 Å². The summed E-state index contributed by atoms with van der Waals surface area (Å²) in [4.78, 5) is 3.14. The molecular weight excluding hydrogens is 442 g/mol. The Kier molecular flexibility index (Phi) is 6.07. The summed E-state index contributed by atoms with van der Waals surface area (Å²) >= 11 is 0. The molecule has 3 aromatic rings. The molecule has 0 bridgehead atoms. The molecule has 5 rings (SSSR count). The standard InChI is InChI=1S/C28H35NO4Si/c1-27(2,3)34(21-12-8-6-9-13-21,22-14-10-7-11-15-22)30-19-23-25-26(33-28(4,5)32-25)24(31-23)20-16-17-29-18-20/h6-18,23-26,29H,19H2,1-5H3/t23-,24+,25-,26+/m1/s1. The minimum absolute atomic E-state index is 0.0972. The minimum atomic E-state index is -2.67. The summed E-state index contributed by atoms with van der Waals surface area (Å²) in [5.74, 6) is -0.649. The molecule has 3 heterocycles. The average molecular weight is 478 g/mol. The SMILES string of the molecule is CC1(C)O[C@@H]2[C@H](O1)[C@@H](CO[Si](c1ccccc1)(c1ccccc1)C(C)(C)C)O[C@H]2c1cc[nH]c1. The Balaban J connectivity index is 1.50. The van der Waals surface area contributed by atoms with Gasteiger partial charge in [0.15, 0.2) is 5.79 Å². The van der Waals surface area contributed by atoms with Crippen molar-refractivity contribution in [1.82, 2.24) is 4.98 Å². The molecule has 2 aliphatic rings. The molecule has 4 atom stereocenters. The molecule has 0 aliphatic carbocycles. The molecule has 2 aromatic carbocycles. The van der Waals surface area contributed by atoms with Crippen molar-refractivity contribution < 1.29 is 18.6 Å². The Bertz CT molecular complexity index is 1040. The van der Waals surface area contributed by atoms with Gasteiger partial charge in [0.05, 0.1) is 6.61 Å². The highest BCUT2D eigenvalue weighted by Crippen LogP contribution is 2.46. The van der Waals surface area contributed by atoms with Gasteiger partial charge in [0.2, 0.25) is 0 Å². The molecule has 34 heavy (non-hydrogen) atoms. The summed E-state index contributed by atoms with van der Waals surface area (Å²) in [6.07, 6.45) is 3.12. The third-order valence-corrected chi connectivity index (χ3v) is 12.0. The van der Waals surface area contributed by atoms with Crippen LogP contribution in [0.25, 0.3) is 0 Å². The van der Waals surface area contributed by atoms with Gasteiger partial charge in [-0.15, -0.1) is 0 Å². The maximum Gasteiger partial charge on any atom is 0.261 e. The van der Waals surface area contributed by atoms with Gasteiger partial charge in [-0.3, -0.25) is 0 Å². The van der Waals surface area contributed by atoms with Crippen LogP contribution in [-0.4, -0.2) is 44.0 Å². The van der Waals surface area contributed by atoms with Crippen molar-refractivity contribution in [2.75, 3.05) is 6.61 Å². The third-order valence-electron chi connectivity index (χ3n) is 6.98. The predicted molar refractivity (Wildman–Crippen MR) is 136 cm³/mol. The van der Waals surface area contributed by atoms with Crippen molar-refractivity contribution in [3.63, 3.8) is 0 Å². The van der Waals surface area contributed by atoms with Gasteiger partial charge in [0, 0.05) is 18.0 Å². The lowest BCUT2D eigenvalue weighted by Crippen LogP contribution is -2.67. The average Bonchev–Trinajstić information content (AvgIpc) is 3.51. The molecule has 0 unspecified atom stereocenters. The van der Waals surface area contributed by atoms with Gasteiger partial charge in [-0.1, -0.05) is 81.4 Å². The zero-order valence-electron chi connectivity index (χ0n) is 20.7. The van der Waals surface area contributed by atoms with E-state index >= 15 is 0 Å². The first-order valence-corrected chi connectivity index (χ1v) is 14.0. The van der Waals surface area contributed by atoms with Gasteiger partial charge >= 0.3 is 0 Å². The zero-order chi connectivity index (χ0) is 24.0. The second-order valence-electron chi connectivity index (χ2n) is 10.8. The van der Waals surface area contributed by atoms with Crippen LogP contribution < -0.4 is 10.4 Å². The van der Waals surface area contributed by atoms with E-state index in [1.165, 1.54) is 10.4 Å². The molecule has 5 nitrogen and oxygen atoms in total. The fraction of sp³-hybridized carbons (Fsp3) is 0.429. The molecule has 6 heteroatoms. The number of hydrogen-bond donors (Lipinski definition) is 1. The third kappa shape index (κ3) is 4.08. The van der Waals surface area contributed by atoms with E-state index in [0.717, 1.165) is 5.56 Å². The molecule has 0 radical (unpaired) electrons. The van der Waals surface area contributed by atoms with Gasteiger partial charge < -0.3 is 23.6 Å². The Morgan fingerprint density at radius 2 is 1.47 bits per heavy atom. The van der Waals surface area contributed by atoms with Crippen LogP contribution in [0.3, 0.4) is 0 Å². The van der Waals surface area contributed by atoms with Crippen LogP contribution in [0.4, 0.5) is 0 Å². The second kappa shape index (κ2) is 8.77. The summed E-state index contributed by atoms with van der Waals surface area (Å²) in [6, 6.07) is 23.4. The van der Waals surface area contributed by atoms with Gasteiger partial charge in [-0.05, 0) is 35.3 Å². The number of nitrogens with one attached hydrogen (secondary N) is 1. The smallest absolute Gasteiger partial charge is 0.261 e. The highest BCUT2D eigenvalue weighted by molar-refractivity contribution is 6.99. The van der Waals surface area contributed by atoms with Gasteiger partial charge in [-0.2, -0.15) is 0 Å². The quantitative estimate of drug-likeness (QED) is 0.529. The normalized spacial score (nSPS) is 26.5. The largest absolute Gasteiger partial charge is 0.405 e. The van der Waals surface area contributed by atoms with Crippen LogP contribution in [0, 0.1) is 0 Å². The number of aromatic nitrogens is 1. The zero-order valence-corrected chi connectivity index (χ0v) is 21.7. The summed E-state index contributed by atoms with van der Waals surface area (Å²) in [7, 11) is -2.67. The van der Waals surface area contributed by atoms with Crippen LogP contribution in [0.2, 0.25) is 5.04 Å². The first-order chi connectivity index (χ1) is 16.2. The Morgan fingerprint density at radius 1 is 0.882 bits per heavy atom. The fourth-order valence-corrected chi connectivity index (χ4v) is 10.1. The highest BCUT2D eigenvalue weighted by Gasteiger charge is 2.57. The fourth-order valence-electron chi connectivity index (χ4n) is 5.57. The number of benzene rings is 2. The number of ether oxygens (including phenoxy) is 3. The van der Waals surface area contributed by atoms with Crippen molar-refractivity contribution in [3.05, 3.63) is 84.7 Å². The minimum Gasteiger partial charge on any atom is -0.405 e. The number of hydrogen-bond acceptors (Lipinski definition) is 4. The lowest BCUT2D eigenvalue weighted by Gasteiger charge is -2.43. The van der Waals surface area contributed by atoms with Crippen LogP contribution in [0.15, 0.2) is 79.1 Å². The van der Waals surface area contributed by atoms with Crippen molar-refractivity contribution in [2.45, 2.75) is 69.9 Å².